The Morgan fingerprint density at radius 3 is 1.35 bits per heavy atom. The molecule has 0 aliphatic carbocycles. The van der Waals surface area contributed by atoms with Crippen LogP contribution in [-0.4, -0.2) is 73.4 Å². The van der Waals surface area contributed by atoms with E-state index in [0.29, 0.717) is 23.9 Å². The Morgan fingerprint density at radius 2 is 0.923 bits per heavy atom. The second-order valence-corrected chi connectivity index (χ2v) is 19.3. The minimum Gasteiger partial charge on any atom is -0.391 e. The number of hydrogen-bond donors (Lipinski definition) is 3. The normalized spacial score (nSPS) is 15.1. The third kappa shape index (κ3) is 48.6. The number of quaternary nitrogens is 1. The monoisotopic (exact) mass is 924 g/mol. The first kappa shape index (κ1) is 61.9. The first-order valence-electron chi connectivity index (χ1n) is 25.4. The summed E-state index contributed by atoms with van der Waals surface area (Å²) in [5, 5.41) is 13.9. The molecule has 0 rings (SSSR count). The molecular formula is C56H96N2O6P+. The molecule has 0 aromatic carbocycles. The minimum absolute atomic E-state index is 0.0621. The molecule has 0 radical (unpaired) electrons. The van der Waals surface area contributed by atoms with E-state index in [4.69, 9.17) is 9.05 Å². The Bertz CT molecular complexity index is 1460. The first-order chi connectivity index (χ1) is 31.5. The number of likely N-dealkylation sites (N-methyl/N-ethyl adjacent to an activating group) is 1. The maximum absolute atomic E-state index is 12.9. The van der Waals surface area contributed by atoms with Gasteiger partial charge in [-0.15, -0.1) is 0 Å². The van der Waals surface area contributed by atoms with Gasteiger partial charge >= 0.3 is 7.82 Å². The number of rotatable bonds is 44. The van der Waals surface area contributed by atoms with E-state index >= 15 is 0 Å². The summed E-state index contributed by atoms with van der Waals surface area (Å²) in [5.41, 5.74) is 0. The van der Waals surface area contributed by atoms with Gasteiger partial charge in [-0.05, 0) is 89.9 Å². The number of unbranched alkanes of at least 4 members (excludes halogenated alkanes) is 11. The number of carbonyl (C=O) groups is 1. The van der Waals surface area contributed by atoms with Crippen molar-refractivity contribution in [3.8, 4) is 0 Å². The van der Waals surface area contributed by atoms with Gasteiger partial charge in [0, 0.05) is 6.42 Å². The SMILES string of the molecule is CC/C=C\C/C=C\C/C=C\C/C=C\C/C=C\C/C=C\C/C=C\C/C=C\C/C=C\C/C=C\CCCCCCC(=O)NC(COP(=O)(O)OCC[N+](C)(C)C)C(O)CCCCCCCCCC. The van der Waals surface area contributed by atoms with E-state index in [2.05, 4.69) is 141 Å². The van der Waals surface area contributed by atoms with Gasteiger partial charge < -0.3 is 19.8 Å². The van der Waals surface area contributed by atoms with Gasteiger partial charge in [0.15, 0.2) is 0 Å². The Hall–Kier alpha value is -3.10. The van der Waals surface area contributed by atoms with Gasteiger partial charge in [0.25, 0.3) is 0 Å². The second kappa shape index (κ2) is 46.0. The lowest BCUT2D eigenvalue weighted by molar-refractivity contribution is -0.870. The fourth-order valence-corrected chi connectivity index (χ4v) is 7.22. The number of aliphatic hydroxyl groups excluding tert-OH is 1. The molecule has 0 saturated heterocycles. The van der Waals surface area contributed by atoms with Crippen LogP contribution in [0.25, 0.3) is 0 Å². The molecule has 0 bridgehead atoms. The molecule has 0 aromatic heterocycles. The third-order valence-electron chi connectivity index (χ3n) is 10.5. The van der Waals surface area contributed by atoms with Crippen molar-refractivity contribution >= 4 is 13.7 Å². The molecule has 3 N–H and O–H groups in total. The fourth-order valence-electron chi connectivity index (χ4n) is 6.48. The highest BCUT2D eigenvalue weighted by Crippen LogP contribution is 2.43. The van der Waals surface area contributed by atoms with Crippen molar-refractivity contribution in [2.24, 2.45) is 0 Å². The van der Waals surface area contributed by atoms with Crippen LogP contribution >= 0.6 is 7.82 Å². The summed E-state index contributed by atoms with van der Waals surface area (Å²) in [6, 6.07) is -0.781. The quantitative estimate of drug-likeness (QED) is 0.0243. The number of hydrogen-bond acceptors (Lipinski definition) is 5. The molecule has 65 heavy (non-hydrogen) atoms. The van der Waals surface area contributed by atoms with Crippen LogP contribution in [-0.2, 0) is 18.4 Å². The summed E-state index contributed by atoms with van der Waals surface area (Å²) in [5.74, 6) is -0.179. The van der Waals surface area contributed by atoms with E-state index < -0.39 is 20.0 Å². The highest BCUT2D eigenvalue weighted by molar-refractivity contribution is 7.47. The Kier molecular flexibility index (Phi) is 43.8. The number of nitrogens with one attached hydrogen (secondary N) is 1. The van der Waals surface area contributed by atoms with Crippen LogP contribution < -0.4 is 5.32 Å². The van der Waals surface area contributed by atoms with Gasteiger partial charge in [0.2, 0.25) is 5.91 Å². The van der Waals surface area contributed by atoms with E-state index in [1.54, 1.807) is 0 Å². The summed E-state index contributed by atoms with van der Waals surface area (Å²) in [6.07, 6.45) is 68.3. The number of aliphatic hydroxyl groups is 1. The molecule has 1 amide bonds. The Labute approximate surface area is 399 Å². The van der Waals surface area contributed by atoms with Gasteiger partial charge in [-0.1, -0.05) is 200 Å². The van der Waals surface area contributed by atoms with E-state index in [1.807, 2.05) is 21.1 Å². The number of nitrogens with zero attached hydrogens (tertiary/aromatic N) is 1. The minimum atomic E-state index is -4.32. The largest absolute Gasteiger partial charge is 0.472 e. The maximum Gasteiger partial charge on any atom is 0.472 e. The molecule has 3 atom stereocenters. The second-order valence-electron chi connectivity index (χ2n) is 17.8. The average molecular weight is 924 g/mol. The van der Waals surface area contributed by atoms with Gasteiger partial charge in [-0.3, -0.25) is 13.8 Å². The molecule has 0 heterocycles. The summed E-state index contributed by atoms with van der Waals surface area (Å²) in [4.78, 5) is 23.1. The molecule has 9 heteroatoms. The molecule has 0 spiro atoms. The van der Waals surface area contributed by atoms with Gasteiger partial charge in [-0.25, -0.2) is 4.57 Å². The highest BCUT2D eigenvalue weighted by Gasteiger charge is 2.28. The summed E-state index contributed by atoms with van der Waals surface area (Å²) in [7, 11) is 1.57. The molecular weight excluding hydrogens is 828 g/mol. The fraction of sp³-hybridized carbons (Fsp3) is 0.625. The van der Waals surface area contributed by atoms with Crippen LogP contribution in [0.4, 0.5) is 0 Å². The van der Waals surface area contributed by atoms with Crippen LogP contribution in [0.3, 0.4) is 0 Å². The van der Waals surface area contributed by atoms with Gasteiger partial charge in [0.05, 0.1) is 39.9 Å². The standard InChI is InChI=1S/C56H95N2O6P/c1-6-8-10-12-14-16-17-18-19-20-21-22-23-24-25-26-27-28-29-30-31-32-33-34-35-36-37-38-39-40-41-42-44-46-48-50-56(60)57-54(53-64-65(61,62)63-52-51-58(3,4)5)55(59)49-47-45-43-15-13-11-9-7-2/h8,10,14,16,18-19,21-22,24-25,27-28,30-31,33-34,36-37,39-40,54-55,59H,6-7,9,11-13,15,17,20,23,26,29,32,35,38,41-53H2,1-5H3,(H-,57,60,61,62)/p+1/b10-8-,16-14-,19-18-,22-21-,25-24-,28-27-,31-30-,34-33-,37-36-,40-39-. The number of carbonyl (C=O) groups excluding carboxylic acids is 1. The van der Waals surface area contributed by atoms with E-state index in [1.165, 1.54) is 32.1 Å². The topological polar surface area (TPSA) is 105 Å². The van der Waals surface area contributed by atoms with E-state index in [-0.39, 0.29) is 19.1 Å². The predicted molar refractivity (Wildman–Crippen MR) is 281 cm³/mol. The van der Waals surface area contributed by atoms with Gasteiger partial charge in [0.1, 0.15) is 13.2 Å². The van der Waals surface area contributed by atoms with Crippen molar-refractivity contribution in [2.45, 2.75) is 187 Å². The van der Waals surface area contributed by atoms with Crippen LogP contribution in [0.1, 0.15) is 174 Å². The van der Waals surface area contributed by atoms with Crippen LogP contribution in [0.2, 0.25) is 0 Å². The zero-order chi connectivity index (χ0) is 47.8. The molecule has 0 fully saturated rings. The molecule has 0 saturated carbocycles. The van der Waals surface area contributed by atoms with Crippen molar-refractivity contribution in [1.29, 1.82) is 0 Å². The highest BCUT2D eigenvalue weighted by atomic mass is 31.2. The number of phosphoric ester groups is 1. The zero-order valence-electron chi connectivity index (χ0n) is 41.9. The Balaban J connectivity index is 4.16. The molecule has 3 unspecified atom stereocenters. The maximum atomic E-state index is 12.9. The lowest BCUT2D eigenvalue weighted by atomic mass is 10.0. The van der Waals surface area contributed by atoms with Gasteiger partial charge in [-0.2, -0.15) is 0 Å². The molecule has 370 valence electrons. The number of phosphoric acid groups is 1. The van der Waals surface area contributed by atoms with Crippen LogP contribution in [0, 0.1) is 0 Å². The lowest BCUT2D eigenvalue weighted by Gasteiger charge is -2.26. The molecule has 0 aromatic rings. The summed E-state index contributed by atoms with van der Waals surface area (Å²) < 4.78 is 23.5. The Morgan fingerprint density at radius 1 is 0.538 bits per heavy atom. The lowest BCUT2D eigenvalue weighted by Crippen LogP contribution is -2.46. The molecule has 8 nitrogen and oxygen atoms in total. The molecule has 0 aliphatic rings. The first-order valence-corrected chi connectivity index (χ1v) is 26.9. The summed E-state index contributed by atoms with van der Waals surface area (Å²) in [6.45, 7) is 4.68. The van der Waals surface area contributed by atoms with Crippen LogP contribution in [0.5, 0.6) is 0 Å². The van der Waals surface area contributed by atoms with Crippen molar-refractivity contribution in [3.63, 3.8) is 0 Å². The number of allylic oxidation sites excluding steroid dienone is 20. The third-order valence-corrected chi connectivity index (χ3v) is 11.5. The average Bonchev–Trinajstić information content (AvgIpc) is 3.26. The molecule has 0 aliphatic heterocycles. The van der Waals surface area contributed by atoms with Crippen molar-refractivity contribution in [2.75, 3.05) is 40.9 Å². The number of amides is 1. The smallest absolute Gasteiger partial charge is 0.391 e. The van der Waals surface area contributed by atoms with Crippen LogP contribution in [0.15, 0.2) is 122 Å². The van der Waals surface area contributed by atoms with E-state index in [9.17, 15) is 19.4 Å². The van der Waals surface area contributed by atoms with Crippen molar-refractivity contribution in [3.05, 3.63) is 122 Å². The zero-order valence-corrected chi connectivity index (χ0v) is 42.8. The van der Waals surface area contributed by atoms with Crippen molar-refractivity contribution < 1.29 is 32.9 Å². The van der Waals surface area contributed by atoms with Crippen molar-refractivity contribution in [1.82, 2.24) is 5.32 Å². The predicted octanol–water partition coefficient (Wildman–Crippen LogP) is 15.0. The summed E-state index contributed by atoms with van der Waals surface area (Å²) >= 11 is 0. The van der Waals surface area contributed by atoms with E-state index in [0.717, 1.165) is 116 Å².